The summed E-state index contributed by atoms with van der Waals surface area (Å²) in [5.41, 5.74) is 1.44. The quantitative estimate of drug-likeness (QED) is 0.881. The van der Waals surface area contributed by atoms with Gasteiger partial charge < -0.3 is 10.6 Å². The normalized spacial score (nSPS) is 11.0. The van der Waals surface area contributed by atoms with Crippen molar-refractivity contribution in [1.82, 2.24) is 10.3 Å². The largest absolute Gasteiger partial charge is 0.405 e. The lowest BCUT2D eigenvalue weighted by molar-refractivity contribution is -0.138. The molecule has 0 fully saturated rings. The number of carbonyl (C=O) groups is 2. The third kappa shape index (κ3) is 5.71. The van der Waals surface area contributed by atoms with Crippen molar-refractivity contribution < 1.29 is 22.8 Å². The van der Waals surface area contributed by atoms with E-state index in [0.717, 1.165) is 0 Å². The van der Waals surface area contributed by atoms with Gasteiger partial charge in [0, 0.05) is 18.1 Å². The van der Waals surface area contributed by atoms with Crippen LogP contribution in [0.3, 0.4) is 0 Å². The summed E-state index contributed by atoms with van der Waals surface area (Å²) < 4.78 is 36.0. The molecule has 0 aliphatic heterocycles. The Morgan fingerprint density at radius 1 is 1.08 bits per heavy atom. The Balaban J connectivity index is 1.89. The van der Waals surface area contributed by atoms with E-state index in [1.165, 1.54) is 6.20 Å². The third-order valence-electron chi connectivity index (χ3n) is 2.99. The SMILES string of the molecule is O=C(Cc1ccc(NC(=O)c2cccnc2)cc1)NCC(F)(F)F. The molecule has 126 valence electrons. The third-order valence-corrected chi connectivity index (χ3v) is 2.99. The number of rotatable bonds is 5. The Kier molecular flexibility index (Phi) is 5.51. The summed E-state index contributed by atoms with van der Waals surface area (Å²) in [5, 5.41) is 4.45. The Labute approximate surface area is 135 Å². The number of hydrogen-bond acceptors (Lipinski definition) is 3. The zero-order valence-corrected chi connectivity index (χ0v) is 12.4. The molecule has 2 rings (SSSR count). The van der Waals surface area contributed by atoms with Crippen molar-refractivity contribution in [3.63, 3.8) is 0 Å². The lowest BCUT2D eigenvalue weighted by Gasteiger charge is -2.09. The second-order valence-electron chi connectivity index (χ2n) is 4.96. The lowest BCUT2D eigenvalue weighted by atomic mass is 10.1. The summed E-state index contributed by atoms with van der Waals surface area (Å²) in [6, 6.07) is 9.51. The predicted molar refractivity (Wildman–Crippen MR) is 81.4 cm³/mol. The van der Waals surface area contributed by atoms with Gasteiger partial charge in [-0.25, -0.2) is 0 Å². The van der Waals surface area contributed by atoms with Crippen LogP contribution in [0.15, 0.2) is 48.8 Å². The van der Waals surface area contributed by atoms with Gasteiger partial charge in [-0.05, 0) is 29.8 Å². The highest BCUT2D eigenvalue weighted by atomic mass is 19.4. The van der Waals surface area contributed by atoms with Crippen LogP contribution in [0, 0.1) is 0 Å². The monoisotopic (exact) mass is 337 g/mol. The predicted octanol–water partition coefficient (Wildman–Crippen LogP) is 2.55. The number of alkyl halides is 3. The molecule has 0 saturated heterocycles. The second kappa shape index (κ2) is 7.58. The first-order chi connectivity index (χ1) is 11.3. The van der Waals surface area contributed by atoms with Crippen LogP contribution in [0.25, 0.3) is 0 Å². The molecule has 0 aliphatic carbocycles. The number of aromatic nitrogens is 1. The van der Waals surface area contributed by atoms with Gasteiger partial charge in [-0.2, -0.15) is 13.2 Å². The Hall–Kier alpha value is -2.90. The van der Waals surface area contributed by atoms with Gasteiger partial charge in [-0.15, -0.1) is 0 Å². The molecule has 8 heteroatoms. The lowest BCUT2D eigenvalue weighted by Crippen LogP contribution is -2.34. The fourth-order valence-electron chi connectivity index (χ4n) is 1.85. The van der Waals surface area contributed by atoms with Crippen LogP contribution in [-0.4, -0.2) is 29.5 Å². The van der Waals surface area contributed by atoms with Crippen molar-refractivity contribution in [3.05, 3.63) is 59.9 Å². The van der Waals surface area contributed by atoms with Crippen LogP contribution in [0.4, 0.5) is 18.9 Å². The smallest absolute Gasteiger partial charge is 0.347 e. The number of anilines is 1. The molecule has 1 aromatic carbocycles. The van der Waals surface area contributed by atoms with Gasteiger partial charge in [-0.3, -0.25) is 14.6 Å². The molecule has 0 bridgehead atoms. The Morgan fingerprint density at radius 3 is 2.38 bits per heavy atom. The molecule has 0 aliphatic rings. The molecule has 24 heavy (non-hydrogen) atoms. The highest BCUT2D eigenvalue weighted by molar-refractivity contribution is 6.04. The molecule has 1 heterocycles. The number of pyridine rings is 1. The maximum absolute atomic E-state index is 12.0. The van der Waals surface area contributed by atoms with Crippen LogP contribution in [0.1, 0.15) is 15.9 Å². The second-order valence-corrected chi connectivity index (χ2v) is 4.96. The first-order valence-electron chi connectivity index (χ1n) is 6.97. The summed E-state index contributed by atoms with van der Waals surface area (Å²) in [6.45, 7) is -1.36. The van der Waals surface area contributed by atoms with Gasteiger partial charge in [0.05, 0.1) is 12.0 Å². The molecule has 0 unspecified atom stereocenters. The van der Waals surface area contributed by atoms with E-state index in [0.29, 0.717) is 16.8 Å². The fourth-order valence-corrected chi connectivity index (χ4v) is 1.85. The topological polar surface area (TPSA) is 71.1 Å². The molecule has 2 aromatic rings. The number of benzene rings is 1. The number of nitrogens with zero attached hydrogens (tertiary/aromatic N) is 1. The fraction of sp³-hybridized carbons (Fsp3) is 0.188. The van der Waals surface area contributed by atoms with E-state index >= 15 is 0 Å². The first kappa shape index (κ1) is 17.5. The van der Waals surface area contributed by atoms with Crippen LogP contribution in [0.5, 0.6) is 0 Å². The van der Waals surface area contributed by atoms with E-state index in [9.17, 15) is 22.8 Å². The Bertz CT molecular complexity index is 701. The van der Waals surface area contributed by atoms with Crippen LogP contribution < -0.4 is 10.6 Å². The van der Waals surface area contributed by atoms with E-state index in [4.69, 9.17) is 0 Å². The highest BCUT2D eigenvalue weighted by Crippen LogP contribution is 2.13. The summed E-state index contributed by atoms with van der Waals surface area (Å²) in [5.74, 6) is -1.06. The highest BCUT2D eigenvalue weighted by Gasteiger charge is 2.27. The molecular weight excluding hydrogens is 323 g/mol. The minimum Gasteiger partial charge on any atom is -0.347 e. The molecular formula is C16H14F3N3O2. The minimum atomic E-state index is -4.43. The van der Waals surface area contributed by atoms with Crippen molar-refractivity contribution in [3.8, 4) is 0 Å². The first-order valence-corrected chi connectivity index (χ1v) is 6.97. The van der Waals surface area contributed by atoms with E-state index in [1.54, 1.807) is 47.9 Å². The van der Waals surface area contributed by atoms with E-state index in [-0.39, 0.29) is 12.3 Å². The van der Waals surface area contributed by atoms with Crippen molar-refractivity contribution >= 4 is 17.5 Å². The molecule has 2 N–H and O–H groups in total. The number of hydrogen-bond donors (Lipinski definition) is 2. The van der Waals surface area contributed by atoms with Crippen molar-refractivity contribution in [2.45, 2.75) is 12.6 Å². The molecule has 1 aromatic heterocycles. The zero-order chi connectivity index (χ0) is 17.6. The van der Waals surface area contributed by atoms with Gasteiger partial charge in [0.1, 0.15) is 6.54 Å². The van der Waals surface area contributed by atoms with E-state index in [1.807, 2.05) is 0 Å². The summed E-state index contributed by atoms with van der Waals surface area (Å²) >= 11 is 0. The number of amides is 2. The molecule has 5 nitrogen and oxygen atoms in total. The molecule has 2 amide bonds. The van der Waals surface area contributed by atoms with Crippen molar-refractivity contribution in [2.75, 3.05) is 11.9 Å². The zero-order valence-electron chi connectivity index (χ0n) is 12.4. The van der Waals surface area contributed by atoms with Crippen LogP contribution in [0.2, 0.25) is 0 Å². The van der Waals surface area contributed by atoms with Crippen LogP contribution >= 0.6 is 0 Å². The standard InChI is InChI=1S/C16H14F3N3O2/c17-16(18,19)10-21-14(23)8-11-3-5-13(6-4-11)22-15(24)12-2-1-7-20-9-12/h1-7,9H,8,10H2,(H,21,23)(H,22,24). The minimum absolute atomic E-state index is 0.174. The van der Waals surface area contributed by atoms with Gasteiger partial charge in [0.2, 0.25) is 5.91 Å². The van der Waals surface area contributed by atoms with Crippen molar-refractivity contribution in [1.29, 1.82) is 0 Å². The molecule has 0 radical (unpaired) electrons. The number of carbonyl (C=O) groups excluding carboxylic acids is 2. The molecule has 0 saturated carbocycles. The average molecular weight is 337 g/mol. The van der Waals surface area contributed by atoms with E-state index in [2.05, 4.69) is 10.3 Å². The summed E-state index contributed by atoms with van der Waals surface area (Å²) in [7, 11) is 0. The van der Waals surface area contributed by atoms with Gasteiger partial charge in [0.15, 0.2) is 0 Å². The van der Waals surface area contributed by atoms with Crippen molar-refractivity contribution in [2.24, 2.45) is 0 Å². The maximum atomic E-state index is 12.0. The molecule has 0 atom stereocenters. The van der Waals surface area contributed by atoms with Gasteiger partial charge in [-0.1, -0.05) is 12.1 Å². The number of nitrogens with one attached hydrogen (secondary N) is 2. The Morgan fingerprint density at radius 2 is 1.79 bits per heavy atom. The molecule has 0 spiro atoms. The van der Waals surface area contributed by atoms with E-state index < -0.39 is 18.6 Å². The summed E-state index contributed by atoms with van der Waals surface area (Å²) in [6.07, 6.45) is -1.63. The average Bonchev–Trinajstić information content (AvgIpc) is 2.55. The van der Waals surface area contributed by atoms with Gasteiger partial charge in [0.25, 0.3) is 5.91 Å². The maximum Gasteiger partial charge on any atom is 0.405 e. The van der Waals surface area contributed by atoms with Gasteiger partial charge >= 0.3 is 6.18 Å². The number of halogens is 3. The van der Waals surface area contributed by atoms with Crippen LogP contribution in [-0.2, 0) is 11.2 Å². The summed E-state index contributed by atoms with van der Waals surface area (Å²) in [4.78, 5) is 27.2.